The third-order valence-corrected chi connectivity index (χ3v) is 1.14. The molecule has 96 valence electrons. The molecule has 0 aliphatic rings. The molecule has 0 saturated carbocycles. The summed E-state index contributed by atoms with van der Waals surface area (Å²) in [6, 6.07) is 0. The van der Waals surface area contributed by atoms with Crippen molar-refractivity contribution in [2.24, 2.45) is 5.92 Å². The van der Waals surface area contributed by atoms with Crippen molar-refractivity contribution in [1.29, 1.82) is 0 Å². The molecular formula is C11H22O5. The summed E-state index contributed by atoms with van der Waals surface area (Å²) in [5.74, 6) is 0.248. The summed E-state index contributed by atoms with van der Waals surface area (Å²) in [6.45, 7) is 10.2. The molecule has 0 saturated heterocycles. The number of esters is 1. The maximum Gasteiger partial charge on any atom is 0.508 e. The average Bonchev–Trinajstić information content (AvgIpc) is 2.16. The summed E-state index contributed by atoms with van der Waals surface area (Å²) in [6.07, 6.45) is -0.588. The summed E-state index contributed by atoms with van der Waals surface area (Å²) in [7, 11) is 0. The van der Waals surface area contributed by atoms with E-state index in [4.69, 9.17) is 0 Å². The lowest BCUT2D eigenvalue weighted by molar-refractivity contribution is -0.141. The molecule has 0 aromatic carbocycles. The second-order valence-corrected chi connectivity index (χ2v) is 3.31. The smallest absolute Gasteiger partial charge is 0.466 e. The van der Waals surface area contributed by atoms with Crippen molar-refractivity contribution in [3.8, 4) is 0 Å². The molecule has 0 unspecified atom stereocenters. The van der Waals surface area contributed by atoms with Crippen molar-refractivity contribution in [2.45, 2.75) is 34.6 Å². The van der Waals surface area contributed by atoms with Gasteiger partial charge in [0.2, 0.25) is 0 Å². The standard InChI is InChI=1S/C6H12O2.C5H10O3/c1-5(2)4-8-6(3)7;1-3-7-5(6)8-4-2/h5H,4H2,1-3H3;3-4H2,1-2H3. The van der Waals surface area contributed by atoms with Crippen molar-refractivity contribution < 1.29 is 23.8 Å². The first kappa shape index (κ1) is 17.1. The van der Waals surface area contributed by atoms with Crippen LogP contribution in [0.5, 0.6) is 0 Å². The molecule has 0 amide bonds. The van der Waals surface area contributed by atoms with Crippen LogP contribution < -0.4 is 0 Å². The Balaban J connectivity index is 0. The molecule has 0 aromatic heterocycles. The molecule has 0 aromatic rings. The zero-order valence-electron chi connectivity index (χ0n) is 10.7. The third kappa shape index (κ3) is 18.5. The van der Waals surface area contributed by atoms with E-state index in [9.17, 15) is 9.59 Å². The monoisotopic (exact) mass is 234 g/mol. The van der Waals surface area contributed by atoms with E-state index in [1.807, 2.05) is 13.8 Å². The molecule has 0 bridgehead atoms. The predicted molar refractivity (Wildman–Crippen MR) is 60.1 cm³/mol. The molecular weight excluding hydrogens is 212 g/mol. The largest absolute Gasteiger partial charge is 0.508 e. The molecule has 5 nitrogen and oxygen atoms in total. The fraction of sp³-hybridized carbons (Fsp3) is 0.818. The minimum Gasteiger partial charge on any atom is -0.466 e. The molecule has 0 radical (unpaired) electrons. The Kier molecular flexibility index (Phi) is 12.7. The SMILES string of the molecule is CC(=O)OCC(C)C.CCOC(=O)OCC. The maximum absolute atomic E-state index is 10.2. The minimum absolute atomic E-state index is 0.196. The molecule has 0 heterocycles. The fourth-order valence-corrected chi connectivity index (χ4v) is 0.561. The Morgan fingerprint density at radius 2 is 1.44 bits per heavy atom. The van der Waals surface area contributed by atoms with Gasteiger partial charge in [-0.1, -0.05) is 13.8 Å². The van der Waals surface area contributed by atoms with E-state index < -0.39 is 6.16 Å². The molecule has 0 spiro atoms. The van der Waals surface area contributed by atoms with Crippen LogP contribution in [0.1, 0.15) is 34.6 Å². The number of carbonyl (C=O) groups is 2. The number of carbonyl (C=O) groups excluding carboxylic acids is 2. The van der Waals surface area contributed by atoms with Crippen molar-refractivity contribution in [2.75, 3.05) is 19.8 Å². The van der Waals surface area contributed by atoms with Gasteiger partial charge in [0, 0.05) is 6.92 Å². The van der Waals surface area contributed by atoms with E-state index >= 15 is 0 Å². The topological polar surface area (TPSA) is 61.8 Å². The first-order chi connectivity index (χ1) is 7.43. The van der Waals surface area contributed by atoms with Crippen LogP contribution in [0.4, 0.5) is 4.79 Å². The Labute approximate surface area is 97.1 Å². The number of hydrogen-bond donors (Lipinski definition) is 0. The first-order valence-electron chi connectivity index (χ1n) is 5.36. The van der Waals surface area contributed by atoms with E-state index in [1.165, 1.54) is 6.92 Å². The lowest BCUT2D eigenvalue weighted by Gasteiger charge is -2.02. The van der Waals surface area contributed by atoms with Crippen LogP contribution in [0.2, 0.25) is 0 Å². The van der Waals surface area contributed by atoms with Gasteiger partial charge in [-0.05, 0) is 19.8 Å². The molecule has 0 rings (SSSR count). The second kappa shape index (κ2) is 11.8. The van der Waals surface area contributed by atoms with Crippen LogP contribution in [0.15, 0.2) is 0 Å². The highest BCUT2D eigenvalue weighted by Gasteiger charge is 1.96. The lowest BCUT2D eigenvalue weighted by atomic mass is 10.2. The molecule has 0 fully saturated rings. The summed E-state index contributed by atoms with van der Waals surface area (Å²) in [5.41, 5.74) is 0. The van der Waals surface area contributed by atoms with Crippen molar-refractivity contribution >= 4 is 12.1 Å². The Morgan fingerprint density at radius 1 is 1.00 bits per heavy atom. The van der Waals surface area contributed by atoms with Crippen LogP contribution >= 0.6 is 0 Å². The van der Waals surface area contributed by atoms with Crippen molar-refractivity contribution in [3.63, 3.8) is 0 Å². The van der Waals surface area contributed by atoms with E-state index in [2.05, 4.69) is 14.2 Å². The summed E-state index contributed by atoms with van der Waals surface area (Å²) in [4.78, 5) is 20.3. The Hall–Kier alpha value is -1.26. The van der Waals surface area contributed by atoms with Gasteiger partial charge in [0.1, 0.15) is 0 Å². The highest BCUT2D eigenvalue weighted by Crippen LogP contribution is 1.91. The molecule has 5 heteroatoms. The van der Waals surface area contributed by atoms with Crippen LogP contribution in [-0.4, -0.2) is 31.9 Å². The molecule has 0 aliphatic heterocycles. The summed E-state index contributed by atoms with van der Waals surface area (Å²) < 4.78 is 13.5. The fourth-order valence-electron chi connectivity index (χ4n) is 0.561. The van der Waals surface area contributed by atoms with Gasteiger partial charge in [-0.15, -0.1) is 0 Å². The highest BCUT2D eigenvalue weighted by atomic mass is 16.7. The van der Waals surface area contributed by atoms with Crippen LogP contribution in [0.25, 0.3) is 0 Å². The first-order valence-corrected chi connectivity index (χ1v) is 5.36. The summed E-state index contributed by atoms with van der Waals surface area (Å²) in [5, 5.41) is 0. The quantitative estimate of drug-likeness (QED) is 0.699. The lowest BCUT2D eigenvalue weighted by Crippen LogP contribution is -2.05. The second-order valence-electron chi connectivity index (χ2n) is 3.31. The molecule has 0 N–H and O–H groups in total. The Morgan fingerprint density at radius 3 is 1.62 bits per heavy atom. The van der Waals surface area contributed by atoms with Gasteiger partial charge in [0.25, 0.3) is 0 Å². The van der Waals surface area contributed by atoms with Crippen molar-refractivity contribution in [1.82, 2.24) is 0 Å². The van der Waals surface area contributed by atoms with Gasteiger partial charge in [-0.2, -0.15) is 0 Å². The Bertz CT molecular complexity index is 181. The van der Waals surface area contributed by atoms with Gasteiger partial charge in [0.05, 0.1) is 19.8 Å². The van der Waals surface area contributed by atoms with Gasteiger partial charge in [-0.25, -0.2) is 4.79 Å². The third-order valence-electron chi connectivity index (χ3n) is 1.14. The van der Waals surface area contributed by atoms with Gasteiger partial charge in [-0.3, -0.25) is 4.79 Å². The molecule has 0 aliphatic carbocycles. The summed E-state index contributed by atoms with van der Waals surface area (Å²) >= 11 is 0. The molecule has 16 heavy (non-hydrogen) atoms. The van der Waals surface area contributed by atoms with Crippen LogP contribution in [0.3, 0.4) is 0 Å². The number of ether oxygens (including phenoxy) is 3. The van der Waals surface area contributed by atoms with Gasteiger partial charge < -0.3 is 14.2 Å². The van der Waals surface area contributed by atoms with E-state index in [0.717, 1.165) is 0 Å². The average molecular weight is 234 g/mol. The van der Waals surface area contributed by atoms with E-state index in [0.29, 0.717) is 25.7 Å². The van der Waals surface area contributed by atoms with Gasteiger partial charge in [0.15, 0.2) is 0 Å². The maximum atomic E-state index is 10.2. The highest BCUT2D eigenvalue weighted by molar-refractivity contribution is 5.65. The zero-order valence-corrected chi connectivity index (χ0v) is 10.7. The number of rotatable bonds is 4. The van der Waals surface area contributed by atoms with E-state index in [-0.39, 0.29) is 5.97 Å². The van der Waals surface area contributed by atoms with Crippen LogP contribution in [-0.2, 0) is 19.0 Å². The normalized spacial score (nSPS) is 8.88. The zero-order chi connectivity index (χ0) is 13.0. The molecule has 0 atom stereocenters. The minimum atomic E-state index is -0.588. The van der Waals surface area contributed by atoms with Gasteiger partial charge >= 0.3 is 12.1 Å². The van der Waals surface area contributed by atoms with E-state index in [1.54, 1.807) is 13.8 Å². The van der Waals surface area contributed by atoms with Crippen LogP contribution in [0, 0.1) is 5.92 Å². The number of hydrogen-bond acceptors (Lipinski definition) is 5. The van der Waals surface area contributed by atoms with Crippen molar-refractivity contribution in [3.05, 3.63) is 0 Å². The predicted octanol–water partition coefficient (Wildman–Crippen LogP) is 2.38.